The number of aromatic nitrogens is 1. The average Bonchev–Trinajstić information content (AvgIpc) is 2.80. The third-order valence-corrected chi connectivity index (χ3v) is 4.86. The summed E-state index contributed by atoms with van der Waals surface area (Å²) in [6, 6.07) is 6.46. The molecule has 2 aliphatic heterocycles. The minimum absolute atomic E-state index is 0.121. The monoisotopic (exact) mass is 318 g/mol. The lowest BCUT2D eigenvalue weighted by Gasteiger charge is -2.34. The summed E-state index contributed by atoms with van der Waals surface area (Å²) >= 11 is 0. The molecule has 0 spiro atoms. The summed E-state index contributed by atoms with van der Waals surface area (Å²) in [5.41, 5.74) is 6.69. The van der Waals surface area contributed by atoms with Gasteiger partial charge in [-0.3, -0.25) is 19.6 Å². The molecule has 3 heterocycles. The Bertz CT molecular complexity index is 505. The van der Waals surface area contributed by atoms with Crippen molar-refractivity contribution in [2.75, 3.05) is 39.4 Å². The molecule has 1 atom stereocenters. The van der Waals surface area contributed by atoms with E-state index in [1.807, 2.05) is 24.4 Å². The fraction of sp³-hybridized carbons (Fsp3) is 0.647. The van der Waals surface area contributed by atoms with E-state index in [-0.39, 0.29) is 11.8 Å². The molecule has 6 heteroatoms. The maximum Gasteiger partial charge on any atom is 0.223 e. The van der Waals surface area contributed by atoms with Gasteiger partial charge in [0.2, 0.25) is 5.91 Å². The fourth-order valence-corrected chi connectivity index (χ4v) is 3.53. The van der Waals surface area contributed by atoms with E-state index in [0.29, 0.717) is 12.6 Å². The molecule has 1 aromatic heterocycles. The van der Waals surface area contributed by atoms with Crippen molar-refractivity contribution in [1.82, 2.24) is 14.8 Å². The number of primary amides is 1. The molecule has 2 aliphatic rings. The van der Waals surface area contributed by atoms with Crippen LogP contribution in [0.5, 0.6) is 0 Å². The molecule has 0 aliphatic carbocycles. The number of amides is 1. The maximum absolute atomic E-state index is 11.9. The molecule has 2 saturated heterocycles. The van der Waals surface area contributed by atoms with Gasteiger partial charge in [0.25, 0.3) is 0 Å². The van der Waals surface area contributed by atoms with E-state index in [2.05, 4.69) is 14.8 Å². The molecule has 0 radical (unpaired) electrons. The quantitative estimate of drug-likeness (QED) is 0.874. The first-order chi connectivity index (χ1) is 11.2. The predicted molar refractivity (Wildman–Crippen MR) is 87.6 cm³/mol. The van der Waals surface area contributed by atoms with Gasteiger partial charge in [-0.25, -0.2) is 0 Å². The Morgan fingerprint density at radius 1 is 1.26 bits per heavy atom. The van der Waals surface area contributed by atoms with Crippen LogP contribution in [0.25, 0.3) is 0 Å². The number of nitrogens with two attached hydrogens (primary N) is 1. The van der Waals surface area contributed by atoms with Crippen LogP contribution in [0.15, 0.2) is 24.4 Å². The third-order valence-electron chi connectivity index (χ3n) is 4.86. The van der Waals surface area contributed by atoms with Gasteiger partial charge in [0.15, 0.2) is 0 Å². The molecule has 23 heavy (non-hydrogen) atoms. The first-order valence-corrected chi connectivity index (χ1v) is 8.46. The van der Waals surface area contributed by atoms with Crippen molar-refractivity contribution in [3.05, 3.63) is 30.1 Å². The van der Waals surface area contributed by atoms with Crippen molar-refractivity contribution < 1.29 is 9.53 Å². The van der Waals surface area contributed by atoms with Crippen LogP contribution in [-0.4, -0.2) is 66.1 Å². The van der Waals surface area contributed by atoms with E-state index in [9.17, 15) is 4.79 Å². The average molecular weight is 318 g/mol. The summed E-state index contributed by atoms with van der Waals surface area (Å²) in [7, 11) is 0. The van der Waals surface area contributed by atoms with Crippen molar-refractivity contribution in [1.29, 1.82) is 0 Å². The van der Waals surface area contributed by atoms with Crippen LogP contribution in [0.1, 0.15) is 18.5 Å². The number of pyridine rings is 1. The Balaban J connectivity index is 1.66. The molecular weight excluding hydrogens is 292 g/mol. The minimum Gasteiger partial charge on any atom is -0.381 e. The first kappa shape index (κ1) is 16.4. The van der Waals surface area contributed by atoms with Crippen molar-refractivity contribution in [3.8, 4) is 0 Å². The lowest BCUT2D eigenvalue weighted by Crippen LogP contribution is -2.44. The van der Waals surface area contributed by atoms with Crippen molar-refractivity contribution in [2.24, 2.45) is 11.7 Å². The highest BCUT2D eigenvalue weighted by Gasteiger charge is 2.30. The van der Waals surface area contributed by atoms with Crippen LogP contribution >= 0.6 is 0 Å². The van der Waals surface area contributed by atoms with Gasteiger partial charge in [-0.05, 0) is 25.0 Å². The molecule has 126 valence electrons. The maximum atomic E-state index is 11.9. The predicted octanol–water partition coefficient (Wildman–Crippen LogP) is 0.480. The van der Waals surface area contributed by atoms with Gasteiger partial charge >= 0.3 is 0 Å². The molecule has 3 rings (SSSR count). The standard InChI is InChI=1S/C17H26N4O2/c18-17(22)14-11-20(13-15-3-1-2-6-19-15)7-8-21(12-14)16-4-9-23-10-5-16/h1-3,6,14,16H,4-5,7-13H2,(H2,18,22). The Kier molecular flexibility index (Phi) is 5.59. The lowest BCUT2D eigenvalue weighted by molar-refractivity contribution is -0.122. The van der Waals surface area contributed by atoms with Crippen molar-refractivity contribution >= 4 is 5.91 Å². The molecule has 0 bridgehead atoms. The van der Waals surface area contributed by atoms with Crippen LogP contribution in [0.3, 0.4) is 0 Å². The Morgan fingerprint density at radius 3 is 2.78 bits per heavy atom. The number of ether oxygens (including phenoxy) is 1. The summed E-state index contributed by atoms with van der Waals surface area (Å²) in [5, 5.41) is 0. The minimum atomic E-state index is -0.199. The summed E-state index contributed by atoms with van der Waals surface area (Å²) in [6.45, 7) is 5.80. The molecule has 0 aromatic carbocycles. The molecule has 2 N–H and O–H groups in total. The van der Waals surface area contributed by atoms with Crippen LogP contribution in [0, 0.1) is 5.92 Å². The molecule has 1 amide bonds. The zero-order valence-electron chi connectivity index (χ0n) is 13.6. The highest BCUT2D eigenvalue weighted by molar-refractivity contribution is 5.77. The molecule has 0 saturated carbocycles. The Morgan fingerprint density at radius 2 is 2.09 bits per heavy atom. The number of rotatable bonds is 4. The lowest BCUT2D eigenvalue weighted by atomic mass is 10.0. The number of carbonyl (C=O) groups is 1. The zero-order chi connectivity index (χ0) is 16.1. The summed E-state index contributed by atoms with van der Waals surface area (Å²) in [5.74, 6) is -0.320. The smallest absolute Gasteiger partial charge is 0.223 e. The first-order valence-electron chi connectivity index (χ1n) is 8.46. The van der Waals surface area contributed by atoms with Crippen molar-refractivity contribution in [3.63, 3.8) is 0 Å². The van der Waals surface area contributed by atoms with Crippen LogP contribution in [0.2, 0.25) is 0 Å². The van der Waals surface area contributed by atoms with Gasteiger partial charge in [-0.1, -0.05) is 6.07 Å². The fourth-order valence-electron chi connectivity index (χ4n) is 3.53. The summed E-state index contributed by atoms with van der Waals surface area (Å²) in [4.78, 5) is 21.0. The Hall–Kier alpha value is -1.50. The summed E-state index contributed by atoms with van der Waals surface area (Å²) < 4.78 is 5.46. The Labute approximate surface area is 137 Å². The van der Waals surface area contributed by atoms with Gasteiger partial charge in [0.1, 0.15) is 0 Å². The van der Waals surface area contributed by atoms with Gasteiger partial charge in [-0.15, -0.1) is 0 Å². The van der Waals surface area contributed by atoms with Crippen LogP contribution < -0.4 is 5.73 Å². The SMILES string of the molecule is NC(=O)C1CN(Cc2ccccn2)CCN(C2CCOCC2)C1. The highest BCUT2D eigenvalue weighted by atomic mass is 16.5. The normalized spacial score (nSPS) is 25.1. The van der Waals surface area contributed by atoms with Crippen LogP contribution in [0.4, 0.5) is 0 Å². The summed E-state index contributed by atoms with van der Waals surface area (Å²) in [6.07, 6.45) is 3.91. The number of hydrogen-bond donors (Lipinski definition) is 1. The second-order valence-corrected chi connectivity index (χ2v) is 6.49. The molecule has 1 unspecified atom stereocenters. The molecule has 2 fully saturated rings. The molecule has 6 nitrogen and oxygen atoms in total. The second-order valence-electron chi connectivity index (χ2n) is 6.49. The third kappa shape index (κ3) is 4.50. The second kappa shape index (κ2) is 7.86. The highest BCUT2D eigenvalue weighted by Crippen LogP contribution is 2.19. The molecular formula is C17H26N4O2. The van der Waals surface area contributed by atoms with Gasteiger partial charge in [-0.2, -0.15) is 0 Å². The van der Waals surface area contributed by atoms with Crippen LogP contribution in [-0.2, 0) is 16.1 Å². The zero-order valence-corrected chi connectivity index (χ0v) is 13.6. The van der Waals surface area contributed by atoms with E-state index in [4.69, 9.17) is 10.5 Å². The molecule has 1 aromatic rings. The van der Waals surface area contributed by atoms with E-state index < -0.39 is 0 Å². The topological polar surface area (TPSA) is 71.7 Å². The van der Waals surface area contributed by atoms with E-state index in [1.54, 1.807) is 0 Å². The van der Waals surface area contributed by atoms with E-state index in [1.165, 1.54) is 0 Å². The number of carbonyl (C=O) groups excluding carboxylic acids is 1. The van der Waals surface area contributed by atoms with E-state index >= 15 is 0 Å². The van der Waals surface area contributed by atoms with Gasteiger partial charge < -0.3 is 10.5 Å². The number of hydrogen-bond acceptors (Lipinski definition) is 5. The van der Waals surface area contributed by atoms with Crippen molar-refractivity contribution in [2.45, 2.75) is 25.4 Å². The van der Waals surface area contributed by atoms with Gasteiger partial charge in [0.05, 0.1) is 11.6 Å². The van der Waals surface area contributed by atoms with Gasteiger partial charge in [0, 0.05) is 58.2 Å². The number of nitrogens with zero attached hydrogens (tertiary/aromatic N) is 3. The van der Waals surface area contributed by atoms with E-state index in [0.717, 1.165) is 57.9 Å². The largest absolute Gasteiger partial charge is 0.381 e.